The molecule has 0 radical (unpaired) electrons. The number of carbonyl (C=O) groups is 1. The van der Waals surface area contributed by atoms with Crippen LogP contribution in [-0.2, 0) is 14.3 Å². The van der Waals surface area contributed by atoms with Crippen LogP contribution in [-0.4, -0.2) is 38.9 Å². The second-order valence-electron chi connectivity index (χ2n) is 4.50. The van der Waals surface area contributed by atoms with Crippen LogP contribution in [0.3, 0.4) is 0 Å². The third-order valence-corrected chi connectivity index (χ3v) is 3.20. The van der Waals surface area contributed by atoms with Crippen molar-refractivity contribution in [1.82, 2.24) is 0 Å². The molecule has 1 saturated heterocycles. The lowest BCUT2D eigenvalue weighted by atomic mass is 10.1. The van der Waals surface area contributed by atoms with Crippen LogP contribution in [0.1, 0.15) is 12.0 Å². The Morgan fingerprint density at radius 2 is 2.45 bits per heavy atom. The first-order chi connectivity index (χ1) is 9.63. The third-order valence-electron chi connectivity index (χ3n) is 3.20. The molecule has 0 bridgehead atoms. The van der Waals surface area contributed by atoms with Gasteiger partial charge in [0.15, 0.2) is 0 Å². The number of methoxy groups -OCH3 is 1. The summed E-state index contributed by atoms with van der Waals surface area (Å²) in [4.78, 5) is 13.2. The van der Waals surface area contributed by atoms with Crippen molar-refractivity contribution in [2.75, 3.05) is 31.7 Å². The number of nitriles is 1. The lowest BCUT2D eigenvalue weighted by molar-refractivity contribution is -0.144. The minimum atomic E-state index is -0.541. The van der Waals surface area contributed by atoms with Gasteiger partial charge in [0, 0.05) is 18.8 Å². The summed E-state index contributed by atoms with van der Waals surface area (Å²) in [5.41, 5.74) is 0.702. The summed E-state index contributed by atoms with van der Waals surface area (Å²) in [7, 11) is 1.33. The van der Waals surface area contributed by atoms with Crippen LogP contribution in [0.5, 0.6) is 0 Å². The molecule has 1 aliphatic heterocycles. The number of carbonyl (C=O) groups excluding carboxylic acids is 1. The average Bonchev–Trinajstić information content (AvgIpc) is 2.47. The normalized spacial score (nSPS) is 18.4. The molecule has 5 nitrogen and oxygen atoms in total. The average molecular weight is 278 g/mol. The van der Waals surface area contributed by atoms with Crippen LogP contribution in [0.25, 0.3) is 0 Å². The number of esters is 1. The lowest BCUT2D eigenvalue weighted by Crippen LogP contribution is -2.43. The maximum absolute atomic E-state index is 13.6. The standard InChI is InChI=1S/C14H15FN2O3/c1-19-14(18)7-12-9-17(4-5-20-12)11-3-2-10(8-16)13(15)6-11/h2-3,6,12H,4-5,7,9H2,1H3. The zero-order chi connectivity index (χ0) is 14.5. The van der Waals surface area contributed by atoms with E-state index in [1.54, 1.807) is 12.1 Å². The number of benzene rings is 1. The SMILES string of the molecule is COC(=O)CC1CN(c2ccc(C#N)c(F)c2)CCO1. The van der Waals surface area contributed by atoms with Crippen molar-refractivity contribution in [1.29, 1.82) is 5.26 Å². The van der Waals surface area contributed by atoms with Crippen molar-refractivity contribution in [2.24, 2.45) is 0 Å². The molecule has 1 fully saturated rings. The van der Waals surface area contributed by atoms with Crippen LogP contribution < -0.4 is 4.90 Å². The Bertz CT molecular complexity index is 542. The highest BCUT2D eigenvalue weighted by Crippen LogP contribution is 2.21. The van der Waals surface area contributed by atoms with E-state index in [9.17, 15) is 9.18 Å². The van der Waals surface area contributed by atoms with Crippen LogP contribution in [0, 0.1) is 17.1 Å². The van der Waals surface area contributed by atoms with Crippen molar-refractivity contribution in [2.45, 2.75) is 12.5 Å². The Balaban J connectivity index is 2.07. The van der Waals surface area contributed by atoms with E-state index in [-0.39, 0.29) is 24.1 Å². The topological polar surface area (TPSA) is 62.6 Å². The van der Waals surface area contributed by atoms with Gasteiger partial charge in [-0.15, -0.1) is 0 Å². The van der Waals surface area contributed by atoms with Crippen LogP contribution in [0.2, 0.25) is 0 Å². The van der Waals surface area contributed by atoms with Gasteiger partial charge in [-0.1, -0.05) is 0 Å². The summed E-state index contributed by atoms with van der Waals surface area (Å²) in [5, 5.41) is 8.71. The number of anilines is 1. The smallest absolute Gasteiger partial charge is 0.308 e. The lowest BCUT2D eigenvalue weighted by Gasteiger charge is -2.34. The Morgan fingerprint density at radius 3 is 3.10 bits per heavy atom. The van der Waals surface area contributed by atoms with Crippen LogP contribution >= 0.6 is 0 Å². The Kier molecular flexibility index (Phi) is 4.53. The Hall–Kier alpha value is -2.13. The maximum Gasteiger partial charge on any atom is 0.308 e. The van der Waals surface area contributed by atoms with E-state index < -0.39 is 5.82 Å². The predicted octanol–water partition coefficient (Wildman–Crippen LogP) is 1.47. The molecular formula is C14H15FN2O3. The number of rotatable bonds is 3. The molecule has 0 amide bonds. The van der Waals surface area contributed by atoms with E-state index in [0.717, 1.165) is 0 Å². The van der Waals surface area contributed by atoms with Gasteiger partial charge < -0.3 is 14.4 Å². The molecule has 0 aliphatic carbocycles. The summed E-state index contributed by atoms with van der Waals surface area (Å²) in [6.07, 6.45) is -0.0962. The first-order valence-electron chi connectivity index (χ1n) is 6.27. The van der Waals surface area contributed by atoms with E-state index in [2.05, 4.69) is 4.74 Å². The zero-order valence-electron chi connectivity index (χ0n) is 11.1. The minimum absolute atomic E-state index is 0.0214. The molecule has 0 spiro atoms. The monoisotopic (exact) mass is 278 g/mol. The van der Waals surface area contributed by atoms with Crippen molar-refractivity contribution in [3.05, 3.63) is 29.6 Å². The summed E-state index contributed by atoms with van der Waals surface area (Å²) in [6, 6.07) is 6.27. The van der Waals surface area contributed by atoms with E-state index in [1.165, 1.54) is 19.2 Å². The molecule has 20 heavy (non-hydrogen) atoms. The molecule has 0 saturated carbocycles. The van der Waals surface area contributed by atoms with Gasteiger partial charge >= 0.3 is 5.97 Å². The van der Waals surface area contributed by atoms with Gasteiger partial charge in [-0.25, -0.2) is 4.39 Å². The number of morpholine rings is 1. The van der Waals surface area contributed by atoms with Crippen molar-refractivity contribution in [3.8, 4) is 6.07 Å². The molecule has 0 N–H and O–H groups in total. The molecule has 1 heterocycles. The molecule has 6 heteroatoms. The van der Waals surface area contributed by atoms with Gasteiger partial charge in [0.2, 0.25) is 0 Å². The number of halogens is 1. The van der Waals surface area contributed by atoms with E-state index in [0.29, 0.717) is 25.4 Å². The minimum Gasteiger partial charge on any atom is -0.469 e. The predicted molar refractivity (Wildman–Crippen MR) is 69.7 cm³/mol. The molecule has 1 aromatic carbocycles. The zero-order valence-corrected chi connectivity index (χ0v) is 11.1. The highest BCUT2D eigenvalue weighted by molar-refractivity contribution is 5.70. The molecule has 1 aliphatic rings. The fourth-order valence-corrected chi connectivity index (χ4v) is 2.14. The van der Waals surface area contributed by atoms with Crippen molar-refractivity contribution >= 4 is 11.7 Å². The molecule has 1 aromatic rings. The van der Waals surface area contributed by atoms with Gasteiger partial charge in [-0.2, -0.15) is 5.26 Å². The molecule has 2 rings (SSSR count). The molecule has 0 aromatic heterocycles. The third kappa shape index (κ3) is 3.25. The van der Waals surface area contributed by atoms with Gasteiger partial charge in [-0.05, 0) is 18.2 Å². The van der Waals surface area contributed by atoms with Crippen LogP contribution in [0.4, 0.5) is 10.1 Å². The number of hydrogen-bond acceptors (Lipinski definition) is 5. The second-order valence-corrected chi connectivity index (χ2v) is 4.50. The van der Waals surface area contributed by atoms with Gasteiger partial charge in [-0.3, -0.25) is 4.79 Å². The Labute approximate surface area is 116 Å². The molecule has 1 atom stereocenters. The van der Waals surface area contributed by atoms with Crippen molar-refractivity contribution < 1.29 is 18.7 Å². The summed E-state index contributed by atoms with van der Waals surface area (Å²) < 4.78 is 23.7. The number of nitrogens with zero attached hydrogens (tertiary/aromatic N) is 2. The molecule has 1 unspecified atom stereocenters. The first kappa shape index (κ1) is 14.3. The molecule has 106 valence electrons. The molecular weight excluding hydrogens is 263 g/mol. The van der Waals surface area contributed by atoms with Crippen LogP contribution in [0.15, 0.2) is 18.2 Å². The first-order valence-corrected chi connectivity index (χ1v) is 6.27. The van der Waals surface area contributed by atoms with Gasteiger partial charge in [0.05, 0.1) is 31.8 Å². The largest absolute Gasteiger partial charge is 0.469 e. The fraction of sp³-hybridized carbons (Fsp3) is 0.429. The number of ether oxygens (including phenoxy) is 2. The van der Waals surface area contributed by atoms with Gasteiger partial charge in [0.25, 0.3) is 0 Å². The van der Waals surface area contributed by atoms with E-state index in [4.69, 9.17) is 10.00 Å². The summed E-state index contributed by atoms with van der Waals surface area (Å²) in [5.74, 6) is -0.871. The van der Waals surface area contributed by atoms with Gasteiger partial charge in [0.1, 0.15) is 11.9 Å². The quantitative estimate of drug-likeness (QED) is 0.783. The fourth-order valence-electron chi connectivity index (χ4n) is 2.14. The highest BCUT2D eigenvalue weighted by Gasteiger charge is 2.23. The van der Waals surface area contributed by atoms with E-state index in [1.807, 2.05) is 4.90 Å². The summed E-state index contributed by atoms with van der Waals surface area (Å²) >= 11 is 0. The van der Waals surface area contributed by atoms with Crippen molar-refractivity contribution in [3.63, 3.8) is 0 Å². The summed E-state index contributed by atoms with van der Waals surface area (Å²) in [6.45, 7) is 1.56. The second kappa shape index (κ2) is 6.35. The Morgan fingerprint density at radius 1 is 1.65 bits per heavy atom. The number of hydrogen-bond donors (Lipinski definition) is 0. The van der Waals surface area contributed by atoms with E-state index >= 15 is 0 Å². The highest BCUT2D eigenvalue weighted by atomic mass is 19.1. The maximum atomic E-state index is 13.6.